The molecule has 0 aliphatic rings. The van der Waals surface area contributed by atoms with Gasteiger partial charge in [-0.05, 0) is 42.9 Å². The number of nitrogens with one attached hydrogen (secondary N) is 1. The van der Waals surface area contributed by atoms with Gasteiger partial charge in [0.25, 0.3) is 0 Å². The molecule has 3 rings (SSSR count). The minimum atomic E-state index is -0.0394. The van der Waals surface area contributed by atoms with Gasteiger partial charge in [-0.25, -0.2) is 4.98 Å². The second kappa shape index (κ2) is 8.52. The number of aryl methyl sites for hydroxylation is 2. The summed E-state index contributed by atoms with van der Waals surface area (Å²) in [4.78, 5) is 18.1. The van der Waals surface area contributed by atoms with Gasteiger partial charge >= 0.3 is 0 Å². The van der Waals surface area contributed by atoms with Gasteiger partial charge in [-0.2, -0.15) is 0 Å². The van der Waals surface area contributed by atoms with Gasteiger partial charge in [-0.1, -0.05) is 42.8 Å². The maximum absolute atomic E-state index is 12.3. The molecule has 0 atom stereocenters. The van der Waals surface area contributed by atoms with Crippen LogP contribution in [0.15, 0.2) is 52.7 Å². The largest absolute Gasteiger partial charge is 0.302 e. The van der Waals surface area contributed by atoms with Crippen molar-refractivity contribution in [1.29, 1.82) is 0 Å². The lowest BCUT2D eigenvalue weighted by molar-refractivity contribution is -0.115. The number of thiazole rings is 1. The molecular formula is C21H22N2OS2. The summed E-state index contributed by atoms with van der Waals surface area (Å²) in [5, 5.41) is 5.55. The molecule has 0 aliphatic heterocycles. The number of rotatable bonds is 6. The second-order valence-corrected chi connectivity index (χ2v) is 8.35. The molecule has 1 heterocycles. The number of anilines is 1. The molecule has 2 aromatic carbocycles. The number of benzene rings is 2. The minimum Gasteiger partial charge on any atom is -0.302 e. The van der Waals surface area contributed by atoms with Crippen molar-refractivity contribution in [1.82, 2.24) is 4.98 Å². The maximum atomic E-state index is 12.3. The summed E-state index contributed by atoms with van der Waals surface area (Å²) in [5.74, 6) is 1.01. The van der Waals surface area contributed by atoms with E-state index in [4.69, 9.17) is 0 Å². The van der Waals surface area contributed by atoms with Crippen LogP contribution in [0.25, 0.3) is 11.3 Å². The summed E-state index contributed by atoms with van der Waals surface area (Å²) in [6.45, 7) is 6.30. The molecule has 1 N–H and O–H groups in total. The molecule has 3 nitrogen and oxygen atoms in total. The summed E-state index contributed by atoms with van der Waals surface area (Å²) < 4.78 is 0. The van der Waals surface area contributed by atoms with Crippen molar-refractivity contribution in [3.63, 3.8) is 0 Å². The van der Waals surface area contributed by atoms with E-state index < -0.39 is 0 Å². The number of hydrogen-bond acceptors (Lipinski definition) is 4. The van der Waals surface area contributed by atoms with E-state index in [1.165, 1.54) is 27.4 Å². The van der Waals surface area contributed by atoms with Gasteiger partial charge in [-0.15, -0.1) is 23.1 Å². The number of amides is 1. The first-order valence-electron chi connectivity index (χ1n) is 8.60. The van der Waals surface area contributed by atoms with Crippen LogP contribution in [0.2, 0.25) is 0 Å². The van der Waals surface area contributed by atoms with Crippen molar-refractivity contribution in [2.75, 3.05) is 11.1 Å². The molecule has 0 saturated carbocycles. The monoisotopic (exact) mass is 382 g/mol. The molecule has 0 radical (unpaired) electrons. The lowest BCUT2D eigenvalue weighted by Crippen LogP contribution is -2.14. The summed E-state index contributed by atoms with van der Waals surface area (Å²) in [6, 6.07) is 14.5. The van der Waals surface area contributed by atoms with Crippen LogP contribution in [-0.2, 0) is 11.2 Å². The van der Waals surface area contributed by atoms with Crippen molar-refractivity contribution in [2.24, 2.45) is 0 Å². The first-order valence-corrected chi connectivity index (χ1v) is 10.5. The Morgan fingerprint density at radius 2 is 1.92 bits per heavy atom. The highest BCUT2D eigenvalue weighted by Gasteiger charge is 2.10. The summed E-state index contributed by atoms with van der Waals surface area (Å²) in [6.07, 6.45) is 0.357. The van der Waals surface area contributed by atoms with Crippen LogP contribution in [-0.4, -0.2) is 16.6 Å². The standard InChI is InChI=1S/C21H22N2OS2/c1-4-25-17-8-6-16(7-9-17)12-20(24)23-21-22-19(13-26-21)18-10-5-14(2)11-15(18)3/h5-11,13H,4,12H2,1-3H3,(H,22,23,24). The second-order valence-electron chi connectivity index (χ2n) is 6.16. The van der Waals surface area contributed by atoms with Crippen molar-refractivity contribution in [3.05, 3.63) is 64.5 Å². The van der Waals surface area contributed by atoms with Crippen LogP contribution in [0.1, 0.15) is 23.6 Å². The number of hydrogen-bond donors (Lipinski definition) is 1. The van der Waals surface area contributed by atoms with E-state index in [9.17, 15) is 4.79 Å². The van der Waals surface area contributed by atoms with Gasteiger partial charge in [0.1, 0.15) is 0 Å². The number of thioether (sulfide) groups is 1. The normalized spacial score (nSPS) is 10.7. The zero-order valence-electron chi connectivity index (χ0n) is 15.2. The van der Waals surface area contributed by atoms with Crippen LogP contribution >= 0.6 is 23.1 Å². The van der Waals surface area contributed by atoms with E-state index >= 15 is 0 Å². The quantitative estimate of drug-likeness (QED) is 0.554. The van der Waals surface area contributed by atoms with Gasteiger partial charge in [-0.3, -0.25) is 4.79 Å². The highest BCUT2D eigenvalue weighted by Crippen LogP contribution is 2.28. The summed E-state index contributed by atoms with van der Waals surface area (Å²) >= 11 is 3.26. The van der Waals surface area contributed by atoms with Crippen molar-refractivity contribution in [3.8, 4) is 11.3 Å². The molecule has 5 heteroatoms. The highest BCUT2D eigenvalue weighted by atomic mass is 32.2. The zero-order valence-corrected chi connectivity index (χ0v) is 16.8. The lowest BCUT2D eigenvalue weighted by Gasteiger charge is -2.05. The van der Waals surface area contributed by atoms with Gasteiger partial charge in [0.2, 0.25) is 5.91 Å². The van der Waals surface area contributed by atoms with Crippen LogP contribution in [0, 0.1) is 13.8 Å². The predicted octanol–water partition coefficient (Wildman–Crippen LogP) is 5.72. The molecule has 0 fully saturated rings. The van der Waals surface area contributed by atoms with E-state index in [0.717, 1.165) is 22.6 Å². The van der Waals surface area contributed by atoms with Crippen LogP contribution in [0.3, 0.4) is 0 Å². The molecule has 1 amide bonds. The minimum absolute atomic E-state index is 0.0394. The highest BCUT2D eigenvalue weighted by molar-refractivity contribution is 7.99. The Kier molecular flexibility index (Phi) is 6.12. The lowest BCUT2D eigenvalue weighted by atomic mass is 10.0. The zero-order chi connectivity index (χ0) is 18.5. The van der Waals surface area contributed by atoms with Crippen molar-refractivity contribution in [2.45, 2.75) is 32.1 Å². The average Bonchev–Trinajstić information content (AvgIpc) is 3.05. The summed E-state index contributed by atoms with van der Waals surface area (Å²) in [7, 11) is 0. The number of carbonyl (C=O) groups excluding carboxylic acids is 1. The Morgan fingerprint density at radius 3 is 2.62 bits per heavy atom. The Hall–Kier alpha value is -2.11. The number of nitrogens with zero attached hydrogens (tertiary/aromatic N) is 1. The Morgan fingerprint density at radius 1 is 1.15 bits per heavy atom. The van der Waals surface area contributed by atoms with E-state index in [1.807, 2.05) is 17.5 Å². The van der Waals surface area contributed by atoms with Gasteiger partial charge in [0, 0.05) is 15.8 Å². The average molecular weight is 383 g/mol. The molecule has 0 bridgehead atoms. The molecular weight excluding hydrogens is 360 g/mol. The van der Waals surface area contributed by atoms with E-state index in [-0.39, 0.29) is 5.91 Å². The fourth-order valence-electron chi connectivity index (χ4n) is 2.77. The van der Waals surface area contributed by atoms with Gasteiger partial charge < -0.3 is 5.32 Å². The van der Waals surface area contributed by atoms with Crippen LogP contribution < -0.4 is 5.32 Å². The summed E-state index contributed by atoms with van der Waals surface area (Å²) in [5.41, 5.74) is 5.45. The molecule has 0 saturated heterocycles. The molecule has 0 spiro atoms. The Bertz CT molecular complexity index is 901. The smallest absolute Gasteiger partial charge is 0.230 e. The van der Waals surface area contributed by atoms with E-state index in [0.29, 0.717) is 11.6 Å². The molecule has 3 aromatic rings. The van der Waals surface area contributed by atoms with E-state index in [1.54, 1.807) is 11.8 Å². The Balaban J connectivity index is 1.64. The molecule has 0 aliphatic carbocycles. The third-order valence-corrected chi connectivity index (χ3v) is 5.66. The van der Waals surface area contributed by atoms with Crippen LogP contribution in [0.5, 0.6) is 0 Å². The van der Waals surface area contributed by atoms with E-state index in [2.05, 4.69) is 61.4 Å². The fourth-order valence-corrected chi connectivity index (χ4v) is 4.16. The first-order chi connectivity index (χ1) is 12.5. The number of aromatic nitrogens is 1. The first kappa shape index (κ1) is 18.7. The molecule has 26 heavy (non-hydrogen) atoms. The third-order valence-electron chi connectivity index (χ3n) is 4.01. The van der Waals surface area contributed by atoms with Crippen molar-refractivity contribution >= 4 is 34.1 Å². The Labute approximate surface area is 162 Å². The number of carbonyl (C=O) groups is 1. The van der Waals surface area contributed by atoms with Crippen LogP contribution in [0.4, 0.5) is 5.13 Å². The van der Waals surface area contributed by atoms with Crippen molar-refractivity contribution < 1.29 is 4.79 Å². The SMILES string of the molecule is CCSc1ccc(CC(=O)Nc2nc(-c3ccc(C)cc3C)cs2)cc1. The molecule has 0 unspecified atom stereocenters. The molecule has 1 aromatic heterocycles. The molecule has 134 valence electrons. The van der Waals surface area contributed by atoms with Gasteiger partial charge in [0.05, 0.1) is 12.1 Å². The predicted molar refractivity (Wildman–Crippen MR) is 112 cm³/mol. The fraction of sp³-hybridized carbons (Fsp3) is 0.238. The topological polar surface area (TPSA) is 42.0 Å². The maximum Gasteiger partial charge on any atom is 0.230 e. The van der Waals surface area contributed by atoms with Gasteiger partial charge in [0.15, 0.2) is 5.13 Å². The third kappa shape index (κ3) is 4.74.